The molecule has 10 aromatic carbocycles. The zero-order valence-electron chi connectivity index (χ0n) is 37.1. The van der Waals surface area contributed by atoms with Crippen molar-refractivity contribution in [2.24, 2.45) is 0 Å². The minimum absolute atomic E-state index is 1.14. The first-order valence-corrected chi connectivity index (χ1v) is 21.8. The smallest absolute Gasteiger partial charge is 0.0540 e. The summed E-state index contributed by atoms with van der Waals surface area (Å²) >= 11 is 0. The van der Waals surface area contributed by atoms with Crippen molar-refractivity contribution in [2.75, 3.05) is 9.80 Å². The molecule has 0 aliphatic heterocycles. The summed E-state index contributed by atoms with van der Waals surface area (Å²) in [6.07, 6.45) is 0. The molecule has 0 radical (unpaired) electrons. The Morgan fingerprint density at radius 2 is 0.645 bits per heavy atom. The lowest BCUT2D eigenvalue weighted by molar-refractivity contribution is 1.25. The highest BCUT2D eigenvalue weighted by Gasteiger charge is 2.24. The maximum atomic E-state index is 2.49. The molecule has 0 atom stereocenters. The molecular weight excluding hydrogens is 749 g/mol. The number of hydrogen-bond donors (Lipinski definition) is 0. The van der Waals surface area contributed by atoms with Gasteiger partial charge in [-0.1, -0.05) is 132 Å². The molecule has 0 aromatic heterocycles. The van der Waals surface area contributed by atoms with Crippen molar-refractivity contribution in [3.8, 4) is 22.3 Å². The molecule has 10 aromatic rings. The van der Waals surface area contributed by atoms with E-state index < -0.39 is 0 Å². The van der Waals surface area contributed by atoms with E-state index in [9.17, 15) is 0 Å². The van der Waals surface area contributed by atoms with Crippen LogP contribution in [0.1, 0.15) is 44.5 Å². The Hall–Kier alpha value is -7.16. The Balaban J connectivity index is 1.22. The Morgan fingerprint density at radius 3 is 1.02 bits per heavy atom. The topological polar surface area (TPSA) is 6.48 Å². The number of anilines is 6. The molecule has 302 valence electrons. The first kappa shape index (κ1) is 39.0. The van der Waals surface area contributed by atoms with Gasteiger partial charge >= 0.3 is 0 Å². The third kappa shape index (κ3) is 6.59. The van der Waals surface area contributed by atoms with Crippen molar-refractivity contribution in [3.05, 3.63) is 214 Å². The number of hydrogen-bond acceptors (Lipinski definition) is 2. The van der Waals surface area contributed by atoms with Crippen molar-refractivity contribution < 1.29 is 0 Å². The maximum absolute atomic E-state index is 2.49. The van der Waals surface area contributed by atoms with E-state index in [1.54, 1.807) is 0 Å². The molecule has 2 heteroatoms. The molecule has 0 bridgehead atoms. The molecule has 0 saturated carbocycles. The fourth-order valence-electron chi connectivity index (χ4n) is 9.91. The first-order valence-electron chi connectivity index (χ1n) is 21.8. The van der Waals surface area contributed by atoms with Crippen LogP contribution < -0.4 is 9.80 Å². The quantitative estimate of drug-likeness (QED) is 0.141. The third-order valence-corrected chi connectivity index (χ3v) is 13.1. The van der Waals surface area contributed by atoms with Crippen LogP contribution in [0.25, 0.3) is 54.6 Å². The van der Waals surface area contributed by atoms with Gasteiger partial charge in [0.1, 0.15) is 0 Å². The van der Waals surface area contributed by atoms with Gasteiger partial charge in [0.15, 0.2) is 0 Å². The lowest BCUT2D eigenvalue weighted by atomic mass is 9.91. The summed E-state index contributed by atoms with van der Waals surface area (Å²) in [4.78, 5) is 4.97. The van der Waals surface area contributed by atoms with Gasteiger partial charge in [0.25, 0.3) is 0 Å². The van der Waals surface area contributed by atoms with Gasteiger partial charge in [0.2, 0.25) is 0 Å². The van der Waals surface area contributed by atoms with Crippen LogP contribution in [0.15, 0.2) is 170 Å². The maximum Gasteiger partial charge on any atom is 0.0540 e. The Labute approximate surface area is 366 Å². The molecule has 0 spiro atoms. The lowest BCUT2D eigenvalue weighted by Gasteiger charge is -2.31. The average molecular weight is 801 g/mol. The monoisotopic (exact) mass is 800 g/mol. The minimum atomic E-state index is 1.14. The normalized spacial score (nSPS) is 11.5. The molecule has 10 rings (SSSR count). The molecule has 0 saturated heterocycles. The van der Waals surface area contributed by atoms with Gasteiger partial charge in [-0.2, -0.15) is 0 Å². The summed E-state index contributed by atoms with van der Waals surface area (Å²) in [7, 11) is 0. The van der Waals surface area contributed by atoms with E-state index >= 15 is 0 Å². The van der Waals surface area contributed by atoms with Gasteiger partial charge < -0.3 is 9.80 Å². The molecular formula is C60H52N2. The number of nitrogens with zero attached hydrogens (tertiary/aromatic N) is 2. The fourth-order valence-corrected chi connectivity index (χ4v) is 9.91. The van der Waals surface area contributed by atoms with Gasteiger partial charge in [0.05, 0.1) is 11.4 Å². The number of rotatable bonds is 8. The van der Waals surface area contributed by atoms with E-state index in [0.717, 1.165) is 22.7 Å². The second kappa shape index (κ2) is 15.4. The number of benzene rings is 10. The van der Waals surface area contributed by atoms with E-state index in [4.69, 9.17) is 0 Å². The Morgan fingerprint density at radius 1 is 0.290 bits per heavy atom. The predicted octanol–water partition coefficient (Wildman–Crippen LogP) is 17.3. The molecule has 0 aliphatic carbocycles. The van der Waals surface area contributed by atoms with Crippen LogP contribution in [0.5, 0.6) is 0 Å². The van der Waals surface area contributed by atoms with Crippen molar-refractivity contribution in [1.29, 1.82) is 0 Å². The standard InChI is InChI=1S/C60H52N2/c1-37-15-27-49(28-16-37)61(55-35-47(21-19-39(55)3)57-41(5)11-9-12-42(57)6)53-33-25-45-24-32-52-54(34-26-46-23-31-51(53)59(45)60(46)52)62(50-29-17-38(2)18-30-50)56-36-48(22-20-40(56)4)58-43(7)13-10-14-44(58)8/h9-36H,1-8H3. The van der Waals surface area contributed by atoms with Crippen molar-refractivity contribution >= 4 is 66.4 Å². The molecule has 2 nitrogen and oxygen atoms in total. The van der Waals surface area contributed by atoms with Gasteiger partial charge in [-0.25, -0.2) is 0 Å². The van der Waals surface area contributed by atoms with Crippen LogP contribution in [0, 0.1) is 55.4 Å². The van der Waals surface area contributed by atoms with E-state index in [0.29, 0.717) is 0 Å². The minimum Gasteiger partial charge on any atom is -0.310 e. The Kier molecular flexibility index (Phi) is 9.68. The summed E-state index contributed by atoms with van der Waals surface area (Å²) in [5.41, 5.74) is 22.1. The average Bonchev–Trinajstić information content (AvgIpc) is 3.26. The summed E-state index contributed by atoms with van der Waals surface area (Å²) in [6.45, 7) is 17.7. The summed E-state index contributed by atoms with van der Waals surface area (Å²) in [5.74, 6) is 0. The molecule has 0 heterocycles. The van der Waals surface area contributed by atoms with Crippen LogP contribution in [-0.4, -0.2) is 0 Å². The second-order valence-electron chi connectivity index (χ2n) is 17.5. The van der Waals surface area contributed by atoms with Crippen LogP contribution in [-0.2, 0) is 0 Å². The zero-order chi connectivity index (χ0) is 42.8. The molecule has 0 aliphatic rings. The number of aryl methyl sites for hydroxylation is 8. The largest absolute Gasteiger partial charge is 0.310 e. The molecule has 0 fully saturated rings. The predicted molar refractivity (Wildman–Crippen MR) is 268 cm³/mol. The van der Waals surface area contributed by atoms with E-state index in [-0.39, 0.29) is 0 Å². The van der Waals surface area contributed by atoms with Gasteiger partial charge in [-0.3, -0.25) is 0 Å². The van der Waals surface area contributed by atoms with Gasteiger partial charge in [-0.15, -0.1) is 0 Å². The molecule has 0 unspecified atom stereocenters. The molecule has 62 heavy (non-hydrogen) atoms. The van der Waals surface area contributed by atoms with E-state index in [1.807, 2.05) is 0 Å². The highest BCUT2D eigenvalue weighted by atomic mass is 15.2. The van der Waals surface area contributed by atoms with Crippen LogP contribution in [0.4, 0.5) is 34.1 Å². The van der Waals surface area contributed by atoms with Crippen LogP contribution >= 0.6 is 0 Å². The van der Waals surface area contributed by atoms with Crippen molar-refractivity contribution in [2.45, 2.75) is 55.4 Å². The summed E-state index contributed by atoms with van der Waals surface area (Å²) < 4.78 is 0. The molecule has 0 amide bonds. The van der Waals surface area contributed by atoms with Gasteiger partial charge in [0, 0.05) is 33.5 Å². The van der Waals surface area contributed by atoms with Crippen molar-refractivity contribution in [3.63, 3.8) is 0 Å². The van der Waals surface area contributed by atoms with E-state index in [1.165, 1.54) is 110 Å². The fraction of sp³-hybridized carbons (Fsp3) is 0.133. The zero-order valence-corrected chi connectivity index (χ0v) is 37.1. The highest BCUT2D eigenvalue weighted by molar-refractivity contribution is 6.28. The first-order chi connectivity index (χ1) is 30.0. The van der Waals surface area contributed by atoms with Crippen molar-refractivity contribution in [1.82, 2.24) is 0 Å². The van der Waals surface area contributed by atoms with Crippen LogP contribution in [0.3, 0.4) is 0 Å². The third-order valence-electron chi connectivity index (χ3n) is 13.1. The van der Waals surface area contributed by atoms with Crippen LogP contribution in [0.2, 0.25) is 0 Å². The highest BCUT2D eigenvalue weighted by Crippen LogP contribution is 2.49. The Bertz CT molecular complexity index is 3050. The SMILES string of the molecule is Cc1ccc(N(c2cc(-c3c(C)cccc3C)ccc2C)c2ccc3ccc4c(N(c5ccc(C)cc5)c5cc(-c6c(C)cccc6C)ccc5C)ccc5ccc2c3c54)cc1. The second-order valence-corrected chi connectivity index (χ2v) is 17.5. The summed E-state index contributed by atoms with van der Waals surface area (Å²) in [5, 5.41) is 7.49. The summed E-state index contributed by atoms with van der Waals surface area (Å²) in [6, 6.07) is 63.8. The molecule has 0 N–H and O–H groups in total. The van der Waals surface area contributed by atoms with Gasteiger partial charge in [-0.05, 0) is 181 Å². The van der Waals surface area contributed by atoms with E-state index in [2.05, 4.69) is 235 Å². The lowest BCUT2D eigenvalue weighted by Crippen LogP contribution is -2.13.